The lowest BCUT2D eigenvalue weighted by Crippen LogP contribution is -2.18. The molecular weight excluding hydrogens is 266 g/mol. The second-order valence-corrected chi connectivity index (χ2v) is 4.26. The zero-order chi connectivity index (χ0) is 14.9. The predicted octanol–water partition coefficient (Wildman–Crippen LogP) is 2.10. The van der Waals surface area contributed by atoms with Gasteiger partial charge in [0.2, 0.25) is 0 Å². The summed E-state index contributed by atoms with van der Waals surface area (Å²) in [4.78, 5) is 12.1. The van der Waals surface area contributed by atoms with E-state index in [-0.39, 0.29) is 17.1 Å². The second-order valence-electron chi connectivity index (χ2n) is 4.26. The lowest BCUT2D eigenvalue weighted by molar-refractivity contribution is 0.101. The number of nitrogen functional groups attached to an aromatic ring is 1. The molecule has 0 atom stereocenters. The van der Waals surface area contributed by atoms with E-state index in [0.717, 1.165) is 18.2 Å². The largest absolute Gasteiger partial charge is 0.395 e. The van der Waals surface area contributed by atoms with Crippen molar-refractivity contribution in [3.05, 3.63) is 41.2 Å². The normalized spacial score (nSPS) is 10.6. The van der Waals surface area contributed by atoms with E-state index in [4.69, 9.17) is 5.73 Å². The van der Waals surface area contributed by atoms with Crippen LogP contribution in [-0.2, 0) is 13.5 Å². The number of hydrogen-bond donors (Lipinski definition) is 2. The molecule has 5 nitrogen and oxygen atoms in total. The Bertz CT molecular complexity index is 667. The zero-order valence-corrected chi connectivity index (χ0v) is 11.1. The second kappa shape index (κ2) is 5.28. The number of halogens is 2. The van der Waals surface area contributed by atoms with Gasteiger partial charge in [0.15, 0.2) is 0 Å². The maximum Gasteiger partial charge on any atom is 0.276 e. The quantitative estimate of drug-likeness (QED) is 0.904. The number of nitrogens with one attached hydrogen (secondary N) is 1. The Morgan fingerprint density at radius 3 is 2.75 bits per heavy atom. The summed E-state index contributed by atoms with van der Waals surface area (Å²) >= 11 is 0. The highest BCUT2D eigenvalue weighted by atomic mass is 19.1. The highest BCUT2D eigenvalue weighted by Crippen LogP contribution is 2.20. The fraction of sp³-hybridized carbons (Fsp3) is 0.231. The molecule has 1 aromatic heterocycles. The third-order valence-electron chi connectivity index (χ3n) is 2.89. The van der Waals surface area contributed by atoms with Crippen LogP contribution in [-0.4, -0.2) is 15.7 Å². The molecule has 2 aromatic rings. The molecule has 0 unspecified atom stereocenters. The lowest BCUT2D eigenvalue weighted by Gasteiger charge is -2.07. The minimum Gasteiger partial charge on any atom is -0.395 e. The number of aryl methyl sites for hydroxylation is 2. The minimum absolute atomic E-state index is 0.116. The van der Waals surface area contributed by atoms with Gasteiger partial charge in [0.05, 0.1) is 17.1 Å². The molecule has 0 saturated carbocycles. The monoisotopic (exact) mass is 280 g/mol. The topological polar surface area (TPSA) is 72.9 Å². The van der Waals surface area contributed by atoms with Gasteiger partial charge >= 0.3 is 0 Å². The number of nitrogens with two attached hydrogens (primary N) is 1. The van der Waals surface area contributed by atoms with E-state index in [0.29, 0.717) is 12.1 Å². The number of nitrogens with zero attached hydrogens (tertiary/aromatic N) is 2. The van der Waals surface area contributed by atoms with Gasteiger partial charge in [-0.05, 0) is 18.6 Å². The molecule has 0 radical (unpaired) electrons. The fourth-order valence-electron chi connectivity index (χ4n) is 1.90. The number of benzene rings is 1. The van der Waals surface area contributed by atoms with Crippen LogP contribution in [0.2, 0.25) is 0 Å². The summed E-state index contributed by atoms with van der Waals surface area (Å²) in [6.07, 6.45) is 0.571. The van der Waals surface area contributed by atoms with E-state index < -0.39 is 17.5 Å². The summed E-state index contributed by atoms with van der Waals surface area (Å²) < 4.78 is 27.9. The van der Waals surface area contributed by atoms with Crippen molar-refractivity contribution in [1.29, 1.82) is 0 Å². The van der Waals surface area contributed by atoms with Crippen LogP contribution in [0.5, 0.6) is 0 Å². The molecule has 0 spiro atoms. The molecule has 0 aliphatic heterocycles. The van der Waals surface area contributed by atoms with Crippen LogP contribution in [0.3, 0.4) is 0 Å². The van der Waals surface area contributed by atoms with E-state index in [1.807, 2.05) is 6.92 Å². The summed E-state index contributed by atoms with van der Waals surface area (Å²) in [5.74, 6) is -2.01. The van der Waals surface area contributed by atoms with Gasteiger partial charge in [-0.2, -0.15) is 5.10 Å². The molecule has 2 rings (SSSR count). The van der Waals surface area contributed by atoms with Gasteiger partial charge in [-0.1, -0.05) is 6.92 Å². The summed E-state index contributed by atoms with van der Waals surface area (Å²) in [6.45, 7) is 1.85. The minimum atomic E-state index is -0.726. The zero-order valence-electron chi connectivity index (χ0n) is 11.1. The van der Waals surface area contributed by atoms with Crippen molar-refractivity contribution >= 4 is 17.3 Å². The Kier molecular flexibility index (Phi) is 3.69. The number of hydrogen-bond acceptors (Lipinski definition) is 3. The van der Waals surface area contributed by atoms with Crippen molar-refractivity contribution in [3.63, 3.8) is 0 Å². The molecule has 0 aliphatic rings. The van der Waals surface area contributed by atoms with E-state index >= 15 is 0 Å². The van der Waals surface area contributed by atoms with Crippen LogP contribution < -0.4 is 11.1 Å². The van der Waals surface area contributed by atoms with E-state index in [2.05, 4.69) is 10.4 Å². The summed E-state index contributed by atoms with van der Waals surface area (Å²) in [7, 11) is 1.56. The van der Waals surface area contributed by atoms with Gasteiger partial charge < -0.3 is 11.1 Å². The Hall–Kier alpha value is -2.44. The van der Waals surface area contributed by atoms with Crippen molar-refractivity contribution in [2.45, 2.75) is 13.3 Å². The Labute approximate surface area is 114 Å². The van der Waals surface area contributed by atoms with Gasteiger partial charge in [0.1, 0.15) is 17.3 Å². The first-order valence-electron chi connectivity index (χ1n) is 6.01. The first-order chi connectivity index (χ1) is 9.43. The molecule has 3 N–H and O–H groups in total. The lowest BCUT2D eigenvalue weighted by atomic mass is 10.2. The first-order valence-corrected chi connectivity index (χ1v) is 6.01. The summed E-state index contributed by atoms with van der Waals surface area (Å²) in [6, 6.07) is 2.81. The third kappa shape index (κ3) is 2.47. The van der Waals surface area contributed by atoms with Gasteiger partial charge in [0.25, 0.3) is 5.91 Å². The maximum absolute atomic E-state index is 13.5. The SMILES string of the molecule is CCc1nn(C)c(C(=O)Nc2cc(F)ccc2F)c1N. The van der Waals surface area contributed by atoms with Crippen molar-refractivity contribution < 1.29 is 13.6 Å². The number of carbonyl (C=O) groups excluding carboxylic acids is 1. The van der Waals surface area contributed by atoms with Crippen molar-refractivity contribution in [1.82, 2.24) is 9.78 Å². The molecule has 1 aromatic carbocycles. The van der Waals surface area contributed by atoms with Gasteiger partial charge in [-0.25, -0.2) is 8.78 Å². The smallest absolute Gasteiger partial charge is 0.276 e. The van der Waals surface area contributed by atoms with Crippen LogP contribution in [0.15, 0.2) is 18.2 Å². The number of carbonyl (C=O) groups is 1. The number of anilines is 2. The van der Waals surface area contributed by atoms with Crippen LogP contribution in [0.1, 0.15) is 23.1 Å². The average Bonchev–Trinajstić information content (AvgIpc) is 2.68. The predicted molar refractivity (Wildman–Crippen MR) is 71.3 cm³/mol. The maximum atomic E-state index is 13.5. The number of aromatic nitrogens is 2. The molecular formula is C13H14F2N4O. The average molecular weight is 280 g/mol. The highest BCUT2D eigenvalue weighted by molar-refractivity contribution is 6.06. The Morgan fingerprint density at radius 1 is 1.45 bits per heavy atom. The van der Waals surface area contributed by atoms with Crippen molar-refractivity contribution in [3.8, 4) is 0 Å². The van der Waals surface area contributed by atoms with Crippen molar-refractivity contribution in [2.75, 3.05) is 11.1 Å². The molecule has 1 amide bonds. The van der Waals surface area contributed by atoms with Gasteiger partial charge in [0, 0.05) is 13.1 Å². The molecule has 0 bridgehead atoms. The Morgan fingerprint density at radius 2 is 2.15 bits per heavy atom. The van der Waals surface area contributed by atoms with E-state index in [1.165, 1.54) is 4.68 Å². The van der Waals surface area contributed by atoms with E-state index in [9.17, 15) is 13.6 Å². The molecule has 0 fully saturated rings. The van der Waals surface area contributed by atoms with Crippen molar-refractivity contribution in [2.24, 2.45) is 7.05 Å². The molecule has 1 heterocycles. The highest BCUT2D eigenvalue weighted by Gasteiger charge is 2.20. The van der Waals surface area contributed by atoms with Gasteiger partial charge in [-0.3, -0.25) is 9.48 Å². The molecule has 20 heavy (non-hydrogen) atoms. The van der Waals surface area contributed by atoms with Gasteiger partial charge in [-0.15, -0.1) is 0 Å². The van der Waals surface area contributed by atoms with Crippen LogP contribution in [0.4, 0.5) is 20.2 Å². The third-order valence-corrected chi connectivity index (χ3v) is 2.89. The summed E-state index contributed by atoms with van der Waals surface area (Å²) in [5, 5.41) is 6.39. The van der Waals surface area contributed by atoms with Crippen LogP contribution in [0, 0.1) is 11.6 Å². The molecule has 0 aliphatic carbocycles. The van der Waals surface area contributed by atoms with E-state index in [1.54, 1.807) is 7.05 Å². The molecule has 0 saturated heterocycles. The van der Waals surface area contributed by atoms with Crippen LogP contribution >= 0.6 is 0 Å². The fourth-order valence-corrected chi connectivity index (χ4v) is 1.90. The summed E-state index contributed by atoms with van der Waals surface area (Å²) in [5.41, 5.74) is 6.52. The number of rotatable bonds is 3. The molecule has 7 heteroatoms. The number of amides is 1. The Balaban J connectivity index is 2.33. The van der Waals surface area contributed by atoms with Crippen LogP contribution in [0.25, 0.3) is 0 Å². The molecule has 106 valence electrons. The standard InChI is InChI=1S/C13H14F2N4O/c1-3-9-11(16)12(19(2)18-9)13(20)17-10-6-7(14)4-5-8(10)15/h4-6H,3,16H2,1-2H3,(H,17,20). The first kappa shape index (κ1) is 14.0.